The van der Waals surface area contributed by atoms with Gasteiger partial charge in [0, 0.05) is 11.8 Å². The van der Waals surface area contributed by atoms with E-state index in [4.69, 9.17) is 9.16 Å². The molecule has 3 aromatic rings. The third-order valence-corrected chi connectivity index (χ3v) is 12.3. The number of Topliss-reactive ketones (excluding diaryl/α,β-unsaturated/α-hetero) is 1. The minimum absolute atomic E-state index is 0.0153. The summed E-state index contributed by atoms with van der Waals surface area (Å²) in [6.07, 6.45) is -1.48. The SMILES string of the molecule is C[C@@H](COCc1ccccc1)C(=O)[C@H](C)[C@@H](O)[C@@H](C)O[Si](c1ccccc1)(c1ccccc1)C(C)(C)C. The Bertz CT molecular complexity index is 1060. The fourth-order valence-electron chi connectivity index (χ4n) is 5.07. The molecular weight excluding hydrogens is 476 g/mol. The standard InChI is InChI=1S/C32H42O4Si/c1-24(22-35-23-27-16-10-7-11-17-27)30(33)25(2)31(34)26(3)36-37(32(4,5)6,28-18-12-8-13-19-28)29-20-14-9-15-21-29/h7-21,24-26,31,34H,22-23H2,1-6H3/t24-,25-,26+,31+/m0/s1. The highest BCUT2D eigenvalue weighted by atomic mass is 28.4. The molecule has 0 saturated heterocycles. The normalized spacial score (nSPS) is 15.5. The number of hydrogen-bond donors (Lipinski definition) is 1. The number of rotatable bonds is 12. The Kier molecular flexibility index (Phi) is 10.0. The molecule has 4 nitrogen and oxygen atoms in total. The fraction of sp³-hybridized carbons (Fsp3) is 0.406. The zero-order valence-electron chi connectivity index (χ0n) is 23.1. The topological polar surface area (TPSA) is 55.8 Å². The zero-order valence-corrected chi connectivity index (χ0v) is 24.1. The summed E-state index contributed by atoms with van der Waals surface area (Å²) in [7, 11) is -2.84. The number of ketones is 1. The van der Waals surface area contributed by atoms with Crippen LogP contribution in [0.4, 0.5) is 0 Å². The highest BCUT2D eigenvalue weighted by molar-refractivity contribution is 6.99. The van der Waals surface area contributed by atoms with Crippen LogP contribution in [0.25, 0.3) is 0 Å². The van der Waals surface area contributed by atoms with Crippen LogP contribution in [-0.2, 0) is 20.6 Å². The van der Waals surface area contributed by atoms with Crippen molar-refractivity contribution in [2.24, 2.45) is 11.8 Å². The smallest absolute Gasteiger partial charge is 0.261 e. The van der Waals surface area contributed by atoms with Gasteiger partial charge in [-0.05, 0) is 27.9 Å². The van der Waals surface area contributed by atoms with Crippen molar-refractivity contribution in [3.05, 3.63) is 96.6 Å². The molecular formula is C32H42O4Si. The number of benzene rings is 3. The summed E-state index contributed by atoms with van der Waals surface area (Å²) in [4.78, 5) is 13.2. The van der Waals surface area contributed by atoms with E-state index in [1.807, 2.05) is 80.6 Å². The predicted molar refractivity (Wildman–Crippen MR) is 154 cm³/mol. The lowest BCUT2D eigenvalue weighted by Crippen LogP contribution is -2.68. The molecule has 3 aromatic carbocycles. The van der Waals surface area contributed by atoms with Gasteiger partial charge in [-0.25, -0.2) is 0 Å². The molecule has 0 spiro atoms. The van der Waals surface area contributed by atoms with E-state index in [0.717, 1.165) is 15.9 Å². The number of ether oxygens (including phenoxy) is 1. The molecule has 5 heteroatoms. The summed E-state index contributed by atoms with van der Waals surface area (Å²) in [6.45, 7) is 13.0. The molecule has 0 fully saturated rings. The zero-order chi connectivity index (χ0) is 27.1. The van der Waals surface area contributed by atoms with Crippen LogP contribution in [-0.4, -0.2) is 38.0 Å². The van der Waals surface area contributed by atoms with E-state index < -0.39 is 26.4 Å². The fourth-order valence-corrected chi connectivity index (χ4v) is 9.79. The van der Waals surface area contributed by atoms with Crippen LogP contribution < -0.4 is 10.4 Å². The van der Waals surface area contributed by atoms with Crippen LogP contribution in [0.1, 0.15) is 47.1 Å². The van der Waals surface area contributed by atoms with Crippen molar-refractivity contribution < 1.29 is 19.1 Å². The summed E-state index contributed by atoms with van der Waals surface area (Å²) < 4.78 is 12.8. The molecule has 198 valence electrons. The average molecular weight is 519 g/mol. The highest BCUT2D eigenvalue weighted by Crippen LogP contribution is 2.38. The third-order valence-electron chi connectivity index (χ3n) is 7.19. The molecule has 37 heavy (non-hydrogen) atoms. The lowest BCUT2D eigenvalue weighted by molar-refractivity contribution is -0.133. The summed E-state index contributed by atoms with van der Waals surface area (Å²) in [5, 5.41) is 13.4. The number of hydrogen-bond acceptors (Lipinski definition) is 4. The van der Waals surface area contributed by atoms with Gasteiger partial charge in [0.05, 0.1) is 25.4 Å². The van der Waals surface area contributed by atoms with Gasteiger partial charge in [-0.3, -0.25) is 4.79 Å². The van der Waals surface area contributed by atoms with Crippen LogP contribution in [0.5, 0.6) is 0 Å². The Morgan fingerprint density at radius 2 is 1.27 bits per heavy atom. The van der Waals surface area contributed by atoms with Crippen molar-refractivity contribution in [3.63, 3.8) is 0 Å². The van der Waals surface area contributed by atoms with E-state index in [2.05, 4.69) is 45.0 Å². The van der Waals surface area contributed by atoms with Crippen molar-refractivity contribution in [1.29, 1.82) is 0 Å². The van der Waals surface area contributed by atoms with E-state index >= 15 is 0 Å². The first-order chi connectivity index (χ1) is 17.6. The van der Waals surface area contributed by atoms with Crippen molar-refractivity contribution in [1.82, 2.24) is 0 Å². The van der Waals surface area contributed by atoms with Gasteiger partial charge < -0.3 is 14.3 Å². The monoisotopic (exact) mass is 518 g/mol. The molecule has 0 bridgehead atoms. The second-order valence-corrected chi connectivity index (χ2v) is 15.3. The lowest BCUT2D eigenvalue weighted by atomic mass is 9.89. The van der Waals surface area contributed by atoms with E-state index in [9.17, 15) is 9.90 Å². The average Bonchev–Trinajstić information content (AvgIpc) is 2.91. The van der Waals surface area contributed by atoms with Crippen LogP contribution in [0, 0.1) is 11.8 Å². The molecule has 0 saturated carbocycles. The molecule has 0 aliphatic rings. The Hall–Kier alpha value is -2.57. The largest absolute Gasteiger partial charge is 0.402 e. The van der Waals surface area contributed by atoms with Crippen molar-refractivity contribution in [2.75, 3.05) is 6.61 Å². The number of aliphatic hydroxyl groups is 1. The molecule has 1 N–H and O–H groups in total. The highest BCUT2D eigenvalue weighted by Gasteiger charge is 2.52. The maximum atomic E-state index is 13.2. The Labute approximate surface area is 223 Å². The van der Waals surface area contributed by atoms with Crippen molar-refractivity contribution in [3.8, 4) is 0 Å². The molecule has 0 aromatic heterocycles. The molecule has 3 rings (SSSR count). The minimum atomic E-state index is -2.84. The van der Waals surface area contributed by atoms with Gasteiger partial charge in [-0.1, -0.05) is 126 Å². The van der Waals surface area contributed by atoms with Gasteiger partial charge in [0.2, 0.25) is 0 Å². The molecule has 0 amide bonds. The first kappa shape index (κ1) is 29.0. The molecule has 0 aliphatic heterocycles. The molecule has 4 atom stereocenters. The van der Waals surface area contributed by atoms with Crippen LogP contribution in [0.3, 0.4) is 0 Å². The summed E-state index contributed by atoms with van der Waals surface area (Å²) in [6, 6.07) is 30.6. The van der Waals surface area contributed by atoms with E-state index in [1.54, 1.807) is 6.92 Å². The third kappa shape index (κ3) is 6.85. The first-order valence-corrected chi connectivity index (χ1v) is 15.1. The van der Waals surface area contributed by atoms with Gasteiger partial charge in [0.25, 0.3) is 8.32 Å². The van der Waals surface area contributed by atoms with E-state index in [-0.39, 0.29) is 16.7 Å². The molecule has 0 heterocycles. The van der Waals surface area contributed by atoms with Gasteiger partial charge in [-0.15, -0.1) is 0 Å². The molecule has 0 unspecified atom stereocenters. The second kappa shape index (κ2) is 12.8. The van der Waals surface area contributed by atoms with Gasteiger partial charge >= 0.3 is 0 Å². The van der Waals surface area contributed by atoms with Gasteiger partial charge in [0.1, 0.15) is 5.78 Å². The van der Waals surface area contributed by atoms with Crippen LogP contribution >= 0.6 is 0 Å². The summed E-state index contributed by atoms with van der Waals surface area (Å²) >= 11 is 0. The van der Waals surface area contributed by atoms with Crippen LogP contribution in [0.2, 0.25) is 5.04 Å². The van der Waals surface area contributed by atoms with Crippen molar-refractivity contribution >= 4 is 24.5 Å². The quantitative estimate of drug-likeness (QED) is 0.328. The van der Waals surface area contributed by atoms with Gasteiger partial charge in [0.15, 0.2) is 0 Å². The number of aliphatic hydroxyl groups excluding tert-OH is 1. The van der Waals surface area contributed by atoms with E-state index in [1.165, 1.54) is 0 Å². The maximum absolute atomic E-state index is 13.2. The lowest BCUT2D eigenvalue weighted by Gasteiger charge is -2.45. The number of carbonyl (C=O) groups is 1. The maximum Gasteiger partial charge on any atom is 0.261 e. The predicted octanol–water partition coefficient (Wildman–Crippen LogP) is 5.37. The molecule has 0 radical (unpaired) electrons. The van der Waals surface area contributed by atoms with Crippen LogP contribution in [0.15, 0.2) is 91.0 Å². The molecule has 0 aliphatic carbocycles. The van der Waals surface area contributed by atoms with Crippen molar-refractivity contribution in [2.45, 2.75) is 65.4 Å². The van der Waals surface area contributed by atoms with Gasteiger partial charge in [-0.2, -0.15) is 0 Å². The number of carbonyl (C=O) groups excluding carboxylic acids is 1. The Morgan fingerprint density at radius 1 is 0.811 bits per heavy atom. The minimum Gasteiger partial charge on any atom is -0.402 e. The Morgan fingerprint density at radius 3 is 1.73 bits per heavy atom. The summed E-state index contributed by atoms with van der Waals surface area (Å²) in [5.74, 6) is -0.921. The van der Waals surface area contributed by atoms with E-state index in [0.29, 0.717) is 13.2 Å². The Balaban J connectivity index is 1.78. The summed E-state index contributed by atoms with van der Waals surface area (Å²) in [5.41, 5.74) is 1.07. The first-order valence-electron chi connectivity index (χ1n) is 13.2. The second-order valence-electron chi connectivity index (χ2n) is 11.1.